The van der Waals surface area contributed by atoms with Crippen LogP contribution in [-0.4, -0.2) is 36.9 Å². The first-order valence-corrected chi connectivity index (χ1v) is 6.46. The number of urea groups is 1. The van der Waals surface area contributed by atoms with Crippen molar-refractivity contribution in [3.8, 4) is 0 Å². The number of rotatable bonds is 7. The van der Waals surface area contributed by atoms with Crippen LogP contribution in [0.15, 0.2) is 24.3 Å². The van der Waals surface area contributed by atoms with Crippen molar-refractivity contribution in [1.29, 1.82) is 0 Å². The van der Waals surface area contributed by atoms with Crippen LogP contribution in [0.3, 0.4) is 0 Å². The van der Waals surface area contributed by atoms with E-state index in [0.29, 0.717) is 0 Å². The van der Waals surface area contributed by atoms with Gasteiger partial charge in [-0.1, -0.05) is 31.5 Å². The fourth-order valence-corrected chi connectivity index (χ4v) is 1.75. The normalized spacial score (nSPS) is 11.7. The molecule has 0 aliphatic carbocycles. The van der Waals surface area contributed by atoms with E-state index < -0.39 is 18.1 Å². The highest BCUT2D eigenvalue weighted by Crippen LogP contribution is 2.16. The standard InChI is InChI=1S/C14H20N2O4/c1-3-6-10-7-4-5-8-11(10)16-14(19)15-9-12(20-2)13(17)18/h4-5,7-8,12H,3,6,9H2,1-2H3,(H,17,18)(H2,15,16,19). The van der Waals surface area contributed by atoms with Crippen molar-refractivity contribution in [3.63, 3.8) is 0 Å². The molecule has 0 saturated carbocycles. The molecule has 1 aromatic carbocycles. The Labute approximate surface area is 118 Å². The van der Waals surface area contributed by atoms with E-state index in [4.69, 9.17) is 9.84 Å². The number of carbonyl (C=O) groups is 2. The molecule has 0 radical (unpaired) electrons. The topological polar surface area (TPSA) is 87.7 Å². The summed E-state index contributed by atoms with van der Waals surface area (Å²) in [6.45, 7) is 1.97. The van der Waals surface area contributed by atoms with E-state index in [1.165, 1.54) is 7.11 Å². The molecule has 3 N–H and O–H groups in total. The van der Waals surface area contributed by atoms with E-state index in [9.17, 15) is 9.59 Å². The van der Waals surface area contributed by atoms with Gasteiger partial charge in [0.2, 0.25) is 0 Å². The van der Waals surface area contributed by atoms with Crippen LogP contribution in [0.1, 0.15) is 18.9 Å². The SMILES string of the molecule is CCCc1ccccc1NC(=O)NCC(OC)C(=O)O. The Kier molecular flexibility index (Phi) is 6.52. The molecule has 1 aromatic rings. The quantitative estimate of drug-likeness (QED) is 0.711. The van der Waals surface area contributed by atoms with Crippen molar-refractivity contribution >= 4 is 17.7 Å². The molecule has 6 nitrogen and oxygen atoms in total. The van der Waals surface area contributed by atoms with Crippen molar-refractivity contribution in [2.24, 2.45) is 0 Å². The number of nitrogens with one attached hydrogen (secondary N) is 2. The zero-order valence-electron chi connectivity index (χ0n) is 11.7. The maximum absolute atomic E-state index is 11.7. The maximum Gasteiger partial charge on any atom is 0.334 e. The third kappa shape index (κ3) is 4.89. The van der Waals surface area contributed by atoms with Gasteiger partial charge in [-0.25, -0.2) is 9.59 Å². The molecule has 6 heteroatoms. The summed E-state index contributed by atoms with van der Waals surface area (Å²) in [5.41, 5.74) is 1.78. The van der Waals surface area contributed by atoms with Gasteiger partial charge >= 0.3 is 12.0 Å². The highest BCUT2D eigenvalue weighted by molar-refractivity contribution is 5.90. The third-order valence-electron chi connectivity index (χ3n) is 2.79. The second-order valence-corrected chi connectivity index (χ2v) is 4.30. The van der Waals surface area contributed by atoms with Crippen molar-refractivity contribution < 1.29 is 19.4 Å². The number of ether oxygens (including phenoxy) is 1. The summed E-state index contributed by atoms with van der Waals surface area (Å²) in [7, 11) is 1.29. The number of carboxylic acids is 1. The third-order valence-corrected chi connectivity index (χ3v) is 2.79. The molecule has 0 saturated heterocycles. The van der Waals surface area contributed by atoms with Crippen LogP contribution in [0.5, 0.6) is 0 Å². The molecule has 0 fully saturated rings. The summed E-state index contributed by atoms with van der Waals surface area (Å²) in [5, 5.41) is 14.0. The average Bonchev–Trinajstić information content (AvgIpc) is 2.41. The van der Waals surface area contributed by atoms with Gasteiger partial charge in [0.25, 0.3) is 0 Å². The second-order valence-electron chi connectivity index (χ2n) is 4.30. The van der Waals surface area contributed by atoms with Gasteiger partial charge in [0.15, 0.2) is 6.10 Å². The van der Waals surface area contributed by atoms with E-state index in [1.54, 1.807) is 0 Å². The lowest BCUT2D eigenvalue weighted by Crippen LogP contribution is -2.39. The monoisotopic (exact) mass is 280 g/mol. The minimum absolute atomic E-state index is 0.0897. The van der Waals surface area contributed by atoms with Crippen LogP contribution in [-0.2, 0) is 16.0 Å². The molecule has 0 aliphatic heterocycles. The number of methoxy groups -OCH3 is 1. The van der Waals surface area contributed by atoms with Gasteiger partial charge in [-0.2, -0.15) is 0 Å². The van der Waals surface area contributed by atoms with E-state index in [-0.39, 0.29) is 6.54 Å². The number of amides is 2. The predicted molar refractivity (Wildman–Crippen MR) is 75.9 cm³/mol. The fraction of sp³-hybridized carbons (Fsp3) is 0.429. The molecule has 1 rings (SSSR count). The lowest BCUT2D eigenvalue weighted by Gasteiger charge is -2.14. The van der Waals surface area contributed by atoms with Crippen molar-refractivity contribution in [3.05, 3.63) is 29.8 Å². The van der Waals surface area contributed by atoms with E-state index in [0.717, 1.165) is 24.1 Å². The largest absolute Gasteiger partial charge is 0.479 e. The summed E-state index contributed by atoms with van der Waals surface area (Å²) in [6.07, 6.45) is 0.795. The minimum Gasteiger partial charge on any atom is -0.479 e. The van der Waals surface area contributed by atoms with E-state index >= 15 is 0 Å². The first-order chi connectivity index (χ1) is 9.58. The maximum atomic E-state index is 11.7. The van der Waals surface area contributed by atoms with Crippen LogP contribution in [0.25, 0.3) is 0 Å². The lowest BCUT2D eigenvalue weighted by atomic mass is 10.1. The molecule has 0 aliphatic rings. The highest BCUT2D eigenvalue weighted by atomic mass is 16.5. The van der Waals surface area contributed by atoms with Crippen LogP contribution < -0.4 is 10.6 Å². The molecular weight excluding hydrogens is 260 g/mol. The molecule has 110 valence electrons. The van der Waals surface area contributed by atoms with Crippen molar-refractivity contribution in [1.82, 2.24) is 5.32 Å². The van der Waals surface area contributed by atoms with Crippen LogP contribution in [0, 0.1) is 0 Å². The first kappa shape index (κ1) is 16.0. The fourth-order valence-electron chi connectivity index (χ4n) is 1.75. The summed E-state index contributed by atoms with van der Waals surface area (Å²) >= 11 is 0. The van der Waals surface area contributed by atoms with Gasteiger partial charge in [0.1, 0.15) is 0 Å². The van der Waals surface area contributed by atoms with Gasteiger partial charge in [-0.05, 0) is 18.1 Å². The number of benzene rings is 1. The number of hydrogen-bond acceptors (Lipinski definition) is 3. The number of aryl methyl sites for hydroxylation is 1. The number of carboxylic acid groups (broad SMARTS) is 1. The zero-order chi connectivity index (χ0) is 15.0. The number of para-hydroxylation sites is 1. The Bertz CT molecular complexity index is 462. The molecule has 0 bridgehead atoms. The summed E-state index contributed by atoms with van der Waals surface area (Å²) in [5.74, 6) is -1.11. The molecule has 0 heterocycles. The number of anilines is 1. The number of hydrogen-bond donors (Lipinski definition) is 3. The summed E-state index contributed by atoms with van der Waals surface area (Å²) in [4.78, 5) is 22.5. The Hall–Kier alpha value is -2.08. The Morgan fingerprint density at radius 1 is 1.35 bits per heavy atom. The molecule has 0 spiro atoms. The predicted octanol–water partition coefficient (Wildman–Crippen LogP) is 1.86. The van der Waals surface area contributed by atoms with Crippen LogP contribution in [0.4, 0.5) is 10.5 Å². The molecule has 2 amide bonds. The van der Waals surface area contributed by atoms with Crippen LogP contribution >= 0.6 is 0 Å². The second kappa shape index (κ2) is 8.16. The molecular formula is C14H20N2O4. The molecule has 1 unspecified atom stereocenters. The average molecular weight is 280 g/mol. The first-order valence-electron chi connectivity index (χ1n) is 6.46. The Morgan fingerprint density at radius 2 is 2.05 bits per heavy atom. The van der Waals surface area contributed by atoms with Gasteiger partial charge in [0, 0.05) is 12.8 Å². The number of aliphatic carboxylic acids is 1. The Balaban J connectivity index is 2.56. The van der Waals surface area contributed by atoms with E-state index in [1.807, 2.05) is 24.3 Å². The van der Waals surface area contributed by atoms with Gasteiger partial charge < -0.3 is 20.5 Å². The zero-order valence-corrected chi connectivity index (χ0v) is 11.7. The summed E-state index contributed by atoms with van der Waals surface area (Å²) in [6, 6.07) is 7.07. The van der Waals surface area contributed by atoms with Gasteiger partial charge in [0.05, 0.1) is 6.54 Å². The van der Waals surface area contributed by atoms with Crippen molar-refractivity contribution in [2.45, 2.75) is 25.9 Å². The molecule has 20 heavy (non-hydrogen) atoms. The minimum atomic E-state index is -1.11. The molecule has 1 atom stereocenters. The van der Waals surface area contributed by atoms with Gasteiger partial charge in [-0.15, -0.1) is 0 Å². The van der Waals surface area contributed by atoms with E-state index in [2.05, 4.69) is 17.6 Å². The Morgan fingerprint density at radius 3 is 2.65 bits per heavy atom. The summed E-state index contributed by atoms with van der Waals surface area (Å²) < 4.78 is 4.73. The number of carbonyl (C=O) groups excluding carboxylic acids is 1. The lowest BCUT2D eigenvalue weighted by molar-refractivity contribution is -0.147. The van der Waals surface area contributed by atoms with Crippen molar-refractivity contribution in [2.75, 3.05) is 19.0 Å². The smallest absolute Gasteiger partial charge is 0.334 e. The molecule has 0 aromatic heterocycles. The van der Waals surface area contributed by atoms with Crippen LogP contribution in [0.2, 0.25) is 0 Å². The highest BCUT2D eigenvalue weighted by Gasteiger charge is 2.17. The van der Waals surface area contributed by atoms with Gasteiger partial charge in [-0.3, -0.25) is 0 Å².